The van der Waals surface area contributed by atoms with Gasteiger partial charge in [0.15, 0.2) is 9.84 Å². The molecule has 0 saturated carbocycles. The largest absolute Gasteiger partial charge is 0.341 e. The first-order valence-electron chi connectivity index (χ1n) is 14.7. The minimum atomic E-state index is -3.29. The number of rotatable bonds is 9. The number of piperidine rings is 1. The Hall–Kier alpha value is -3.41. The molecule has 0 spiro atoms. The van der Waals surface area contributed by atoms with E-state index in [9.17, 15) is 18.5 Å². The Morgan fingerprint density at radius 2 is 1.70 bits per heavy atom. The van der Waals surface area contributed by atoms with Gasteiger partial charge in [-0.25, -0.2) is 8.42 Å². The van der Waals surface area contributed by atoms with Gasteiger partial charge in [0.05, 0.1) is 26.6 Å². The number of fused-ring (bicyclic) bond motifs is 1. The highest BCUT2D eigenvalue weighted by Crippen LogP contribution is 2.34. The maximum Gasteiger partial charge on any atom is 0.254 e. The number of hydrogen-bond acceptors (Lipinski definition) is 5. The van der Waals surface area contributed by atoms with Crippen molar-refractivity contribution in [1.29, 1.82) is 5.26 Å². The summed E-state index contributed by atoms with van der Waals surface area (Å²) < 4.78 is 24.7. The molecule has 44 heavy (non-hydrogen) atoms. The Bertz CT molecular complexity index is 1830. The van der Waals surface area contributed by atoms with Crippen LogP contribution in [0, 0.1) is 11.3 Å². The summed E-state index contributed by atoms with van der Waals surface area (Å²) in [5.41, 5.74) is 2.87. The van der Waals surface area contributed by atoms with Crippen molar-refractivity contribution in [2.75, 3.05) is 39.5 Å². The molecule has 1 aliphatic rings. The van der Waals surface area contributed by atoms with Crippen LogP contribution in [0.25, 0.3) is 10.8 Å². The van der Waals surface area contributed by atoms with E-state index in [0.29, 0.717) is 32.6 Å². The molecule has 0 radical (unpaired) electrons. The number of carbonyl (C=O) groups excluding carboxylic acids is 1. The van der Waals surface area contributed by atoms with E-state index in [0.717, 1.165) is 60.8 Å². The van der Waals surface area contributed by atoms with Crippen molar-refractivity contribution >= 4 is 49.7 Å². The number of carbonyl (C=O) groups is 1. The number of sulfone groups is 1. The molecule has 228 valence electrons. The van der Waals surface area contributed by atoms with Gasteiger partial charge in [-0.3, -0.25) is 4.79 Å². The average molecular weight is 649 g/mol. The van der Waals surface area contributed by atoms with Gasteiger partial charge in [-0.15, -0.1) is 0 Å². The van der Waals surface area contributed by atoms with E-state index in [2.05, 4.69) is 11.0 Å². The van der Waals surface area contributed by atoms with Crippen LogP contribution in [-0.2, 0) is 9.84 Å². The second kappa shape index (κ2) is 13.7. The summed E-state index contributed by atoms with van der Waals surface area (Å²) in [5.74, 6) is 0.0485. The van der Waals surface area contributed by atoms with Gasteiger partial charge in [-0.05, 0) is 97.0 Å². The predicted molar refractivity (Wildman–Crippen MR) is 177 cm³/mol. The molecule has 1 fully saturated rings. The second-order valence-corrected chi connectivity index (χ2v) is 14.4. The van der Waals surface area contributed by atoms with E-state index in [1.807, 2.05) is 48.5 Å². The fourth-order valence-electron chi connectivity index (χ4n) is 6.26. The van der Waals surface area contributed by atoms with Crippen molar-refractivity contribution < 1.29 is 13.2 Å². The van der Waals surface area contributed by atoms with Gasteiger partial charge in [0.2, 0.25) is 0 Å². The first kappa shape index (κ1) is 32.0. The van der Waals surface area contributed by atoms with Gasteiger partial charge in [0.1, 0.15) is 0 Å². The second-order valence-electron chi connectivity index (χ2n) is 11.6. The smallest absolute Gasteiger partial charge is 0.254 e. The van der Waals surface area contributed by atoms with Crippen LogP contribution in [-0.4, -0.2) is 63.6 Å². The van der Waals surface area contributed by atoms with Gasteiger partial charge in [-0.2, -0.15) is 5.26 Å². The molecule has 0 bridgehead atoms. The van der Waals surface area contributed by atoms with E-state index >= 15 is 0 Å². The first-order valence-corrected chi connectivity index (χ1v) is 17.3. The molecule has 0 aromatic heterocycles. The molecule has 4 aromatic rings. The van der Waals surface area contributed by atoms with E-state index < -0.39 is 9.84 Å². The van der Waals surface area contributed by atoms with Gasteiger partial charge in [0.25, 0.3) is 5.91 Å². The third-order valence-electron chi connectivity index (χ3n) is 8.62. The molecule has 1 amide bonds. The molecule has 1 aliphatic heterocycles. The van der Waals surface area contributed by atoms with Crippen LogP contribution >= 0.6 is 23.2 Å². The molecule has 0 unspecified atom stereocenters. The van der Waals surface area contributed by atoms with Crippen LogP contribution in [0.2, 0.25) is 10.0 Å². The predicted octanol–water partition coefficient (Wildman–Crippen LogP) is 7.55. The van der Waals surface area contributed by atoms with Crippen molar-refractivity contribution in [3.63, 3.8) is 0 Å². The lowest BCUT2D eigenvalue weighted by molar-refractivity contribution is 0.0783. The Morgan fingerprint density at radius 3 is 2.41 bits per heavy atom. The number of nitriles is 1. The van der Waals surface area contributed by atoms with Gasteiger partial charge in [-0.1, -0.05) is 71.7 Å². The number of halogens is 2. The zero-order valence-corrected chi connectivity index (χ0v) is 27.2. The Kier molecular flexibility index (Phi) is 9.97. The fraction of sp³-hybridized carbons (Fsp3) is 0.314. The summed E-state index contributed by atoms with van der Waals surface area (Å²) in [4.78, 5) is 18.4. The summed E-state index contributed by atoms with van der Waals surface area (Å²) in [6.07, 6.45) is 3.82. The number of nitrogens with zero attached hydrogens (tertiary/aromatic N) is 3. The quantitative estimate of drug-likeness (QED) is 0.187. The molecule has 6 nitrogen and oxygen atoms in total. The van der Waals surface area contributed by atoms with Crippen molar-refractivity contribution in [2.24, 2.45) is 0 Å². The third kappa shape index (κ3) is 7.27. The van der Waals surface area contributed by atoms with Crippen LogP contribution in [0.4, 0.5) is 0 Å². The Morgan fingerprint density at radius 1 is 1.00 bits per heavy atom. The number of hydrogen-bond donors (Lipinski definition) is 0. The minimum absolute atomic E-state index is 0.00665. The highest BCUT2D eigenvalue weighted by Gasteiger charge is 2.27. The maximum absolute atomic E-state index is 13.8. The minimum Gasteiger partial charge on any atom is -0.341 e. The number of benzene rings is 4. The highest BCUT2D eigenvalue weighted by molar-refractivity contribution is 7.90. The van der Waals surface area contributed by atoms with E-state index in [1.54, 1.807) is 42.3 Å². The van der Waals surface area contributed by atoms with E-state index in [1.165, 1.54) is 6.26 Å². The topological polar surface area (TPSA) is 81.5 Å². The Balaban J connectivity index is 1.31. The number of likely N-dealkylation sites (N-methyl/N-ethyl adjacent to an activating group) is 1. The van der Waals surface area contributed by atoms with Crippen molar-refractivity contribution in [2.45, 2.75) is 36.0 Å². The molecule has 4 aromatic carbocycles. The van der Waals surface area contributed by atoms with Crippen LogP contribution in [0.15, 0.2) is 83.8 Å². The molecule has 9 heteroatoms. The van der Waals surface area contributed by atoms with E-state index in [-0.39, 0.29) is 17.7 Å². The molecular weight excluding hydrogens is 613 g/mol. The summed E-state index contributed by atoms with van der Waals surface area (Å²) in [5, 5.41) is 12.2. The highest BCUT2D eigenvalue weighted by atomic mass is 35.5. The fourth-order valence-corrected chi connectivity index (χ4v) is 7.56. The monoisotopic (exact) mass is 647 g/mol. The molecule has 1 heterocycles. The molecule has 0 N–H and O–H groups in total. The summed E-state index contributed by atoms with van der Waals surface area (Å²) in [6, 6.07) is 26.2. The molecule has 1 saturated heterocycles. The van der Waals surface area contributed by atoms with Gasteiger partial charge < -0.3 is 9.80 Å². The zero-order chi connectivity index (χ0) is 31.4. The lowest BCUT2D eigenvalue weighted by Gasteiger charge is -2.34. The zero-order valence-electron chi connectivity index (χ0n) is 24.8. The maximum atomic E-state index is 13.8. The SMILES string of the molecule is CN(C[C@@H](CCN1CCC(c2ccccc2S(C)(=O)=O)CC1)c1ccc(Cl)c(Cl)c1)C(=O)c1cc(C#N)cc2ccccc12. The summed E-state index contributed by atoms with van der Waals surface area (Å²) >= 11 is 12.7. The lowest BCUT2D eigenvalue weighted by atomic mass is 9.88. The van der Waals surface area contributed by atoms with Gasteiger partial charge in [0, 0.05) is 31.3 Å². The van der Waals surface area contributed by atoms with Crippen molar-refractivity contribution in [3.05, 3.63) is 111 Å². The normalized spacial score (nSPS) is 15.2. The molecule has 5 rings (SSSR count). The average Bonchev–Trinajstić information content (AvgIpc) is 3.03. The van der Waals surface area contributed by atoms with Crippen molar-refractivity contribution in [3.8, 4) is 6.07 Å². The van der Waals surface area contributed by atoms with E-state index in [4.69, 9.17) is 23.2 Å². The van der Waals surface area contributed by atoms with Crippen LogP contribution in [0.3, 0.4) is 0 Å². The molecule has 0 aliphatic carbocycles. The van der Waals surface area contributed by atoms with Crippen LogP contribution < -0.4 is 0 Å². The summed E-state index contributed by atoms with van der Waals surface area (Å²) in [7, 11) is -1.49. The van der Waals surface area contributed by atoms with Gasteiger partial charge >= 0.3 is 0 Å². The number of amides is 1. The lowest BCUT2D eigenvalue weighted by Crippen LogP contribution is -2.36. The Labute approximate surface area is 269 Å². The third-order valence-corrected chi connectivity index (χ3v) is 10.5. The number of likely N-dealkylation sites (tertiary alicyclic amines) is 1. The summed E-state index contributed by atoms with van der Waals surface area (Å²) in [6.45, 7) is 3.00. The van der Waals surface area contributed by atoms with Crippen molar-refractivity contribution in [1.82, 2.24) is 9.80 Å². The van der Waals surface area contributed by atoms with Crippen LogP contribution in [0.5, 0.6) is 0 Å². The standard InChI is InChI=1S/C35H35Cl2N3O3S/c1-39(35(41)31-20-24(22-38)19-27-7-3-4-8-29(27)31)23-28(26-11-12-32(36)33(37)21-26)15-18-40-16-13-25(14-17-40)30-9-5-6-10-34(30)44(2,42)43/h3-12,19-21,25,28H,13-18,23H2,1-2H3/t28-/m1/s1. The molecule has 1 atom stereocenters. The molecular formula is C35H35Cl2N3O3S. The van der Waals surface area contributed by atoms with Crippen LogP contribution in [0.1, 0.15) is 58.1 Å². The first-order chi connectivity index (χ1) is 21.0.